The van der Waals surface area contributed by atoms with E-state index in [-0.39, 0.29) is 23.7 Å². The molecule has 0 saturated carbocycles. The van der Waals surface area contributed by atoms with E-state index in [1.165, 1.54) is 26.3 Å². The van der Waals surface area contributed by atoms with Crippen molar-refractivity contribution in [1.29, 1.82) is 0 Å². The second-order valence-electron chi connectivity index (χ2n) is 5.22. The summed E-state index contributed by atoms with van der Waals surface area (Å²) in [7, 11) is 1.35. The van der Waals surface area contributed by atoms with E-state index in [0.717, 1.165) is 12.8 Å². The van der Waals surface area contributed by atoms with Gasteiger partial charge in [-0.3, -0.25) is 14.4 Å². The predicted molar refractivity (Wildman–Crippen MR) is 79.2 cm³/mol. The summed E-state index contributed by atoms with van der Waals surface area (Å²) in [6, 6.07) is 3.13. The van der Waals surface area contributed by atoms with Crippen LogP contribution in [-0.4, -0.2) is 47.9 Å². The van der Waals surface area contributed by atoms with Crippen molar-refractivity contribution >= 4 is 23.6 Å². The van der Waals surface area contributed by atoms with Crippen LogP contribution >= 0.6 is 0 Å². The van der Waals surface area contributed by atoms with E-state index in [1.54, 1.807) is 11.0 Å². The zero-order valence-electron chi connectivity index (χ0n) is 12.7. The van der Waals surface area contributed by atoms with Crippen LogP contribution in [0.15, 0.2) is 18.3 Å². The summed E-state index contributed by atoms with van der Waals surface area (Å²) in [5, 5.41) is 2.54. The molecule has 1 atom stereocenters. The van der Waals surface area contributed by atoms with Crippen molar-refractivity contribution in [2.24, 2.45) is 5.92 Å². The number of aromatic nitrogens is 1. The van der Waals surface area contributed by atoms with E-state index >= 15 is 0 Å². The summed E-state index contributed by atoms with van der Waals surface area (Å²) >= 11 is 0. The molecule has 0 aromatic carbocycles. The van der Waals surface area contributed by atoms with E-state index in [9.17, 15) is 14.4 Å². The highest BCUT2D eigenvalue weighted by Crippen LogP contribution is 2.20. The van der Waals surface area contributed by atoms with Gasteiger partial charge in [0.25, 0.3) is 5.91 Å². The first kappa shape index (κ1) is 15.9. The molecular formula is C15H19N3O4. The lowest BCUT2D eigenvalue weighted by molar-refractivity contribution is -0.146. The summed E-state index contributed by atoms with van der Waals surface area (Å²) in [5.41, 5.74) is 0.435. The van der Waals surface area contributed by atoms with Gasteiger partial charge in [0.05, 0.1) is 13.0 Å². The van der Waals surface area contributed by atoms with Gasteiger partial charge < -0.3 is 15.0 Å². The molecule has 2 heterocycles. The lowest BCUT2D eigenvalue weighted by atomic mass is 9.97. The normalized spacial score (nSPS) is 17.7. The van der Waals surface area contributed by atoms with Gasteiger partial charge in [-0.05, 0) is 25.0 Å². The van der Waals surface area contributed by atoms with Gasteiger partial charge in [0.15, 0.2) is 0 Å². The van der Waals surface area contributed by atoms with Gasteiger partial charge in [-0.15, -0.1) is 0 Å². The van der Waals surface area contributed by atoms with Crippen molar-refractivity contribution in [3.63, 3.8) is 0 Å². The molecule has 1 fully saturated rings. The summed E-state index contributed by atoms with van der Waals surface area (Å²) in [4.78, 5) is 40.8. The van der Waals surface area contributed by atoms with Crippen LogP contribution in [0.4, 0.5) is 5.82 Å². The molecule has 0 radical (unpaired) electrons. The molecule has 2 rings (SSSR count). The Morgan fingerprint density at radius 1 is 1.41 bits per heavy atom. The lowest BCUT2D eigenvalue weighted by Crippen LogP contribution is -2.42. The Hall–Kier alpha value is -2.44. The highest BCUT2D eigenvalue weighted by atomic mass is 16.5. The molecule has 1 aliphatic heterocycles. The summed E-state index contributed by atoms with van der Waals surface area (Å²) in [6.45, 7) is 2.33. The maximum Gasteiger partial charge on any atom is 0.310 e. The maximum absolute atomic E-state index is 12.5. The number of anilines is 1. The topological polar surface area (TPSA) is 88.6 Å². The van der Waals surface area contributed by atoms with Gasteiger partial charge in [-0.2, -0.15) is 0 Å². The number of amides is 2. The van der Waals surface area contributed by atoms with Crippen LogP contribution in [0.3, 0.4) is 0 Å². The predicted octanol–water partition coefficient (Wildman–Crippen LogP) is 1.07. The molecule has 1 N–H and O–H groups in total. The summed E-state index contributed by atoms with van der Waals surface area (Å²) in [6.07, 6.45) is 2.96. The van der Waals surface area contributed by atoms with E-state index in [1.807, 2.05) is 0 Å². The SMILES string of the molecule is COC(=O)C1CCCN(C(=O)c2ccnc(NC(C)=O)c2)C1. The molecule has 1 aromatic heterocycles. The molecule has 1 aliphatic rings. The molecule has 22 heavy (non-hydrogen) atoms. The monoisotopic (exact) mass is 305 g/mol. The van der Waals surface area contributed by atoms with Gasteiger partial charge in [-0.1, -0.05) is 0 Å². The molecular weight excluding hydrogens is 286 g/mol. The molecule has 0 aliphatic carbocycles. The number of nitrogens with one attached hydrogen (secondary N) is 1. The third-order valence-electron chi connectivity index (χ3n) is 3.55. The Labute approximate surface area is 128 Å². The van der Waals surface area contributed by atoms with Crippen LogP contribution in [0.5, 0.6) is 0 Å². The minimum absolute atomic E-state index is 0.178. The number of esters is 1. The number of rotatable bonds is 3. The quantitative estimate of drug-likeness (QED) is 0.844. The van der Waals surface area contributed by atoms with Crippen LogP contribution in [0, 0.1) is 5.92 Å². The van der Waals surface area contributed by atoms with Crippen LogP contribution < -0.4 is 5.32 Å². The zero-order chi connectivity index (χ0) is 16.1. The highest BCUT2D eigenvalue weighted by Gasteiger charge is 2.29. The summed E-state index contributed by atoms with van der Waals surface area (Å²) < 4.78 is 4.75. The highest BCUT2D eigenvalue weighted by molar-refractivity contribution is 5.96. The molecule has 118 valence electrons. The van der Waals surface area contributed by atoms with Crippen molar-refractivity contribution in [2.45, 2.75) is 19.8 Å². The summed E-state index contributed by atoms with van der Waals surface area (Å²) in [5.74, 6) is -0.658. The third-order valence-corrected chi connectivity index (χ3v) is 3.55. The van der Waals surface area contributed by atoms with Gasteiger partial charge in [0, 0.05) is 31.8 Å². The Morgan fingerprint density at radius 3 is 2.86 bits per heavy atom. The van der Waals surface area contributed by atoms with Crippen molar-refractivity contribution in [3.8, 4) is 0 Å². The number of piperidine rings is 1. The van der Waals surface area contributed by atoms with Crippen molar-refractivity contribution in [2.75, 3.05) is 25.5 Å². The van der Waals surface area contributed by atoms with E-state index in [2.05, 4.69) is 10.3 Å². The van der Waals surface area contributed by atoms with E-state index in [0.29, 0.717) is 24.5 Å². The smallest absolute Gasteiger partial charge is 0.310 e. The lowest BCUT2D eigenvalue weighted by Gasteiger charge is -2.31. The number of likely N-dealkylation sites (tertiary alicyclic amines) is 1. The first-order valence-electron chi connectivity index (χ1n) is 7.12. The molecule has 1 unspecified atom stereocenters. The number of methoxy groups -OCH3 is 1. The molecule has 0 bridgehead atoms. The van der Waals surface area contributed by atoms with Gasteiger partial charge in [0.1, 0.15) is 5.82 Å². The molecule has 7 nitrogen and oxygen atoms in total. The van der Waals surface area contributed by atoms with Gasteiger partial charge in [-0.25, -0.2) is 4.98 Å². The fourth-order valence-corrected chi connectivity index (χ4v) is 2.52. The van der Waals surface area contributed by atoms with Gasteiger partial charge >= 0.3 is 5.97 Å². The number of ether oxygens (including phenoxy) is 1. The van der Waals surface area contributed by atoms with Crippen molar-refractivity contribution < 1.29 is 19.1 Å². The molecule has 2 amide bonds. The number of pyridine rings is 1. The maximum atomic E-state index is 12.5. The first-order chi connectivity index (χ1) is 10.5. The number of carbonyl (C=O) groups is 3. The van der Waals surface area contributed by atoms with Crippen molar-refractivity contribution in [1.82, 2.24) is 9.88 Å². The Balaban J connectivity index is 2.10. The number of carbonyl (C=O) groups excluding carboxylic acids is 3. The Kier molecular flexibility index (Phi) is 5.08. The molecule has 1 aromatic rings. The van der Waals surface area contributed by atoms with E-state index < -0.39 is 0 Å². The van der Waals surface area contributed by atoms with E-state index in [4.69, 9.17) is 4.74 Å². The van der Waals surface area contributed by atoms with Crippen LogP contribution in [0.25, 0.3) is 0 Å². The number of hydrogen-bond donors (Lipinski definition) is 1. The van der Waals surface area contributed by atoms with Gasteiger partial charge in [0.2, 0.25) is 5.91 Å². The number of hydrogen-bond acceptors (Lipinski definition) is 5. The van der Waals surface area contributed by atoms with Crippen molar-refractivity contribution in [3.05, 3.63) is 23.9 Å². The average Bonchev–Trinajstić information content (AvgIpc) is 2.53. The standard InChI is InChI=1S/C15H19N3O4/c1-10(19)17-13-8-11(5-6-16-13)14(20)18-7-3-4-12(9-18)15(21)22-2/h5-6,8,12H,3-4,7,9H2,1-2H3,(H,16,17,19). The van der Waals surface area contributed by atoms with Crippen LogP contribution in [0.1, 0.15) is 30.1 Å². The Bertz CT molecular complexity index is 588. The molecule has 7 heteroatoms. The fourth-order valence-electron chi connectivity index (χ4n) is 2.52. The average molecular weight is 305 g/mol. The fraction of sp³-hybridized carbons (Fsp3) is 0.467. The minimum atomic E-state index is -0.286. The second-order valence-corrected chi connectivity index (χ2v) is 5.22. The molecule has 0 spiro atoms. The zero-order valence-corrected chi connectivity index (χ0v) is 12.7. The molecule has 1 saturated heterocycles. The number of nitrogens with zero attached hydrogens (tertiary/aromatic N) is 2. The minimum Gasteiger partial charge on any atom is -0.469 e. The largest absolute Gasteiger partial charge is 0.469 e. The van der Waals surface area contributed by atoms with Crippen LogP contribution in [0.2, 0.25) is 0 Å². The second kappa shape index (κ2) is 7.02. The Morgan fingerprint density at radius 2 is 2.18 bits per heavy atom. The third kappa shape index (κ3) is 3.81. The first-order valence-corrected chi connectivity index (χ1v) is 7.12. The van der Waals surface area contributed by atoms with Crippen LogP contribution in [-0.2, 0) is 14.3 Å².